The van der Waals surface area contributed by atoms with Crippen molar-refractivity contribution < 1.29 is 22.9 Å². The molecular formula is C21H25N3O6S. The molecule has 1 aliphatic heterocycles. The topological polar surface area (TPSA) is 119 Å². The van der Waals surface area contributed by atoms with Gasteiger partial charge in [-0.15, -0.1) is 0 Å². The van der Waals surface area contributed by atoms with Gasteiger partial charge in [0.1, 0.15) is 5.75 Å². The Labute approximate surface area is 181 Å². The summed E-state index contributed by atoms with van der Waals surface area (Å²) in [7, 11) is -3.71. The lowest BCUT2D eigenvalue weighted by molar-refractivity contribution is -0.385. The molecule has 1 amide bonds. The maximum atomic E-state index is 13.0. The highest BCUT2D eigenvalue weighted by atomic mass is 32.2. The SMILES string of the molecule is CCOc1ccc(S(=O)(=O)N2CCCCC2)cc1NC(=O)c1cccc([N+](=O)[O-])c1C. The van der Waals surface area contributed by atoms with Crippen molar-refractivity contribution in [3.05, 3.63) is 57.6 Å². The minimum absolute atomic E-state index is 0.0592. The zero-order valence-electron chi connectivity index (χ0n) is 17.5. The summed E-state index contributed by atoms with van der Waals surface area (Å²) in [4.78, 5) is 23.6. The van der Waals surface area contributed by atoms with Gasteiger partial charge in [-0.25, -0.2) is 8.42 Å². The van der Waals surface area contributed by atoms with E-state index >= 15 is 0 Å². The number of hydrogen-bond acceptors (Lipinski definition) is 6. The van der Waals surface area contributed by atoms with Gasteiger partial charge in [0, 0.05) is 30.3 Å². The zero-order valence-corrected chi connectivity index (χ0v) is 18.3. The van der Waals surface area contributed by atoms with Gasteiger partial charge in [0.15, 0.2) is 0 Å². The first-order valence-corrected chi connectivity index (χ1v) is 11.5. The third-order valence-electron chi connectivity index (χ3n) is 5.20. The van der Waals surface area contributed by atoms with Crippen LogP contribution in [0.3, 0.4) is 0 Å². The molecule has 1 saturated heterocycles. The maximum absolute atomic E-state index is 13.0. The average molecular weight is 448 g/mol. The van der Waals surface area contributed by atoms with Gasteiger partial charge in [-0.1, -0.05) is 12.5 Å². The molecule has 166 valence electrons. The van der Waals surface area contributed by atoms with E-state index in [1.54, 1.807) is 6.92 Å². The number of carbonyl (C=O) groups excluding carboxylic acids is 1. The molecule has 1 aliphatic rings. The second-order valence-electron chi connectivity index (χ2n) is 7.22. The number of carbonyl (C=O) groups is 1. The summed E-state index contributed by atoms with van der Waals surface area (Å²) in [5, 5.41) is 13.8. The fraction of sp³-hybridized carbons (Fsp3) is 0.381. The Morgan fingerprint density at radius 3 is 2.55 bits per heavy atom. The molecule has 0 radical (unpaired) electrons. The molecule has 9 nitrogen and oxygen atoms in total. The van der Waals surface area contributed by atoms with Gasteiger partial charge in [0.25, 0.3) is 11.6 Å². The maximum Gasteiger partial charge on any atom is 0.273 e. The van der Waals surface area contributed by atoms with E-state index in [1.165, 1.54) is 47.6 Å². The number of rotatable bonds is 7. The molecule has 0 atom stereocenters. The van der Waals surface area contributed by atoms with E-state index in [0.717, 1.165) is 19.3 Å². The molecule has 0 aromatic heterocycles. The Balaban J connectivity index is 1.96. The lowest BCUT2D eigenvalue weighted by Crippen LogP contribution is -2.35. The van der Waals surface area contributed by atoms with E-state index in [2.05, 4.69) is 5.32 Å². The van der Waals surface area contributed by atoms with E-state index in [-0.39, 0.29) is 27.4 Å². The standard InChI is InChI=1S/C21H25N3O6S/c1-3-30-20-11-10-16(31(28,29)23-12-5-4-6-13-23)14-18(20)22-21(25)17-8-7-9-19(15(17)2)24(26)27/h7-11,14H,3-6,12-13H2,1-2H3,(H,22,25). The number of nitro benzene ring substituents is 1. The summed E-state index contributed by atoms with van der Waals surface area (Å²) >= 11 is 0. The summed E-state index contributed by atoms with van der Waals surface area (Å²) in [6, 6.07) is 8.58. The van der Waals surface area contributed by atoms with Crippen LogP contribution in [0.25, 0.3) is 0 Å². The van der Waals surface area contributed by atoms with Gasteiger partial charge in [-0.3, -0.25) is 14.9 Å². The summed E-state index contributed by atoms with van der Waals surface area (Å²) in [6.07, 6.45) is 2.62. The smallest absolute Gasteiger partial charge is 0.273 e. The number of sulfonamides is 1. The van der Waals surface area contributed by atoms with Crippen LogP contribution in [0.2, 0.25) is 0 Å². The van der Waals surface area contributed by atoms with Crippen LogP contribution < -0.4 is 10.1 Å². The summed E-state index contributed by atoms with van der Waals surface area (Å²) in [5.74, 6) is -0.272. The fourth-order valence-electron chi connectivity index (χ4n) is 3.56. The van der Waals surface area contributed by atoms with Gasteiger partial charge in [0.05, 0.1) is 22.1 Å². The molecule has 3 rings (SSSR count). The monoisotopic (exact) mass is 447 g/mol. The lowest BCUT2D eigenvalue weighted by Gasteiger charge is -2.26. The van der Waals surface area contributed by atoms with Gasteiger partial charge in [-0.2, -0.15) is 4.31 Å². The van der Waals surface area contributed by atoms with Gasteiger partial charge in [0.2, 0.25) is 10.0 Å². The number of ether oxygens (including phenoxy) is 1. The average Bonchev–Trinajstić information content (AvgIpc) is 2.75. The van der Waals surface area contributed by atoms with Crippen molar-refractivity contribution in [2.45, 2.75) is 38.0 Å². The highest BCUT2D eigenvalue weighted by molar-refractivity contribution is 7.89. The minimum Gasteiger partial charge on any atom is -0.492 e. The molecule has 31 heavy (non-hydrogen) atoms. The van der Waals surface area contributed by atoms with E-state index in [1.807, 2.05) is 0 Å². The normalized spacial score (nSPS) is 14.8. The molecule has 2 aromatic rings. The second kappa shape index (κ2) is 9.44. The van der Waals surface area contributed by atoms with Crippen LogP contribution in [0.15, 0.2) is 41.3 Å². The number of benzene rings is 2. The number of amides is 1. The largest absolute Gasteiger partial charge is 0.492 e. The number of nitrogens with one attached hydrogen (secondary N) is 1. The third kappa shape index (κ3) is 4.86. The van der Waals surface area contributed by atoms with Crippen molar-refractivity contribution in [3.63, 3.8) is 0 Å². The minimum atomic E-state index is -3.71. The van der Waals surface area contributed by atoms with Crippen LogP contribution in [0, 0.1) is 17.0 Å². The molecule has 0 unspecified atom stereocenters. The van der Waals surface area contributed by atoms with Crippen molar-refractivity contribution >= 4 is 27.3 Å². The predicted molar refractivity (Wildman–Crippen MR) is 116 cm³/mol. The first-order chi connectivity index (χ1) is 14.8. The van der Waals surface area contributed by atoms with Crippen molar-refractivity contribution in [3.8, 4) is 5.75 Å². The number of hydrogen-bond donors (Lipinski definition) is 1. The molecular weight excluding hydrogens is 422 g/mol. The first kappa shape index (κ1) is 22.7. The molecule has 1 N–H and O–H groups in total. The van der Waals surface area contributed by atoms with E-state index in [0.29, 0.717) is 25.4 Å². The van der Waals surface area contributed by atoms with Crippen molar-refractivity contribution in [2.24, 2.45) is 0 Å². The quantitative estimate of drug-likeness (QED) is 0.510. The fourth-order valence-corrected chi connectivity index (χ4v) is 5.10. The Morgan fingerprint density at radius 2 is 1.90 bits per heavy atom. The summed E-state index contributed by atoms with van der Waals surface area (Å²) in [6.45, 7) is 4.51. The van der Waals surface area contributed by atoms with Gasteiger partial charge >= 0.3 is 0 Å². The highest BCUT2D eigenvalue weighted by Gasteiger charge is 2.27. The van der Waals surface area contributed by atoms with Crippen LogP contribution in [0.1, 0.15) is 42.1 Å². The van der Waals surface area contributed by atoms with E-state index in [4.69, 9.17) is 4.74 Å². The van der Waals surface area contributed by atoms with Crippen molar-refractivity contribution in [2.75, 3.05) is 25.0 Å². The Morgan fingerprint density at radius 1 is 1.19 bits per heavy atom. The molecule has 1 heterocycles. The molecule has 0 saturated carbocycles. The van der Waals surface area contributed by atoms with Gasteiger partial charge < -0.3 is 10.1 Å². The Kier molecular flexibility index (Phi) is 6.91. The van der Waals surface area contributed by atoms with E-state index in [9.17, 15) is 23.3 Å². The summed E-state index contributed by atoms with van der Waals surface area (Å²) < 4.78 is 33.1. The van der Waals surface area contributed by atoms with Crippen LogP contribution in [0.4, 0.5) is 11.4 Å². The van der Waals surface area contributed by atoms with Crippen LogP contribution in [0.5, 0.6) is 5.75 Å². The predicted octanol–water partition coefficient (Wildman–Crippen LogP) is 3.73. The molecule has 1 fully saturated rings. The second-order valence-corrected chi connectivity index (χ2v) is 9.15. The third-order valence-corrected chi connectivity index (χ3v) is 7.09. The Hall–Kier alpha value is -2.98. The van der Waals surface area contributed by atoms with Crippen LogP contribution >= 0.6 is 0 Å². The van der Waals surface area contributed by atoms with E-state index < -0.39 is 20.9 Å². The van der Waals surface area contributed by atoms with Crippen LogP contribution in [-0.2, 0) is 10.0 Å². The molecule has 0 bridgehead atoms. The first-order valence-electron chi connectivity index (χ1n) is 10.1. The number of nitro groups is 1. The Bertz CT molecular complexity index is 1090. The van der Waals surface area contributed by atoms with Crippen molar-refractivity contribution in [1.82, 2.24) is 4.31 Å². The number of piperidine rings is 1. The molecule has 0 aliphatic carbocycles. The molecule has 10 heteroatoms. The zero-order chi connectivity index (χ0) is 22.6. The molecule has 0 spiro atoms. The molecule has 2 aromatic carbocycles. The number of nitrogens with zero attached hydrogens (tertiary/aromatic N) is 2. The number of anilines is 1. The van der Waals surface area contributed by atoms with Crippen LogP contribution in [-0.4, -0.2) is 43.2 Å². The highest BCUT2D eigenvalue weighted by Crippen LogP contribution is 2.31. The summed E-state index contributed by atoms with van der Waals surface area (Å²) in [5.41, 5.74) is 0.371. The van der Waals surface area contributed by atoms with Crippen molar-refractivity contribution in [1.29, 1.82) is 0 Å². The van der Waals surface area contributed by atoms with Gasteiger partial charge in [-0.05, 0) is 51.0 Å². The lowest BCUT2D eigenvalue weighted by atomic mass is 10.1.